The van der Waals surface area contributed by atoms with Crippen LogP contribution in [0.2, 0.25) is 10.3 Å². The molecule has 2 aromatic heterocycles. The van der Waals surface area contributed by atoms with Crippen LogP contribution in [0.1, 0.15) is 0 Å². The maximum Gasteiger partial charge on any atom is 0.223 e. The first kappa shape index (κ1) is 9.36. The highest BCUT2D eigenvalue weighted by molar-refractivity contribution is 6.33. The number of aromatic nitrogens is 5. The van der Waals surface area contributed by atoms with Gasteiger partial charge in [-0.2, -0.15) is 5.10 Å². The minimum atomic E-state index is 0.132. The second kappa shape index (κ2) is 3.51. The lowest BCUT2D eigenvalue weighted by atomic mass is 10.4. The molecule has 0 fully saturated rings. The molecular formula is C7H5Cl2N5. The molecule has 0 atom stereocenters. The Hall–Kier alpha value is -1.20. The average Bonchev–Trinajstić information content (AvgIpc) is 2.56. The van der Waals surface area contributed by atoms with Crippen LogP contribution in [0.4, 0.5) is 0 Å². The molecule has 72 valence electrons. The van der Waals surface area contributed by atoms with Crippen molar-refractivity contribution in [1.29, 1.82) is 0 Å². The van der Waals surface area contributed by atoms with Gasteiger partial charge in [-0.3, -0.25) is 0 Å². The molecule has 2 heterocycles. The van der Waals surface area contributed by atoms with Crippen LogP contribution in [0.15, 0.2) is 12.5 Å². The molecule has 2 aromatic rings. The van der Waals surface area contributed by atoms with Crippen molar-refractivity contribution in [3.05, 3.63) is 22.8 Å². The van der Waals surface area contributed by atoms with Crippen molar-refractivity contribution in [1.82, 2.24) is 24.7 Å². The molecule has 0 aromatic carbocycles. The fourth-order valence-corrected chi connectivity index (χ4v) is 1.32. The molecule has 0 N–H and O–H groups in total. The molecule has 2 rings (SSSR count). The number of halogens is 2. The third-order valence-corrected chi connectivity index (χ3v) is 2.10. The third-order valence-electron chi connectivity index (χ3n) is 1.64. The summed E-state index contributed by atoms with van der Waals surface area (Å²) in [6, 6.07) is 0. The van der Waals surface area contributed by atoms with Gasteiger partial charge in [0.25, 0.3) is 0 Å². The third kappa shape index (κ3) is 1.56. The average molecular weight is 230 g/mol. The summed E-state index contributed by atoms with van der Waals surface area (Å²) in [5.41, 5.74) is 0.478. The molecular weight excluding hydrogens is 225 g/mol. The number of hydrogen-bond donors (Lipinski definition) is 0. The molecule has 0 saturated carbocycles. The van der Waals surface area contributed by atoms with Gasteiger partial charge >= 0.3 is 0 Å². The fraction of sp³-hybridized carbons (Fsp3) is 0.143. The molecule has 0 unspecified atom stereocenters. The van der Waals surface area contributed by atoms with E-state index in [1.54, 1.807) is 11.7 Å². The molecule has 0 bridgehead atoms. The Morgan fingerprint density at radius 1 is 1.29 bits per heavy atom. The summed E-state index contributed by atoms with van der Waals surface area (Å²) < 4.78 is 1.56. The Morgan fingerprint density at radius 2 is 2.07 bits per heavy atom. The predicted octanol–water partition coefficient (Wildman–Crippen LogP) is 1.58. The normalized spacial score (nSPS) is 10.5. The first-order chi connectivity index (χ1) is 6.68. The summed E-state index contributed by atoms with van der Waals surface area (Å²) in [6.07, 6.45) is 2.85. The number of rotatable bonds is 1. The first-order valence-electron chi connectivity index (χ1n) is 3.71. The lowest BCUT2D eigenvalue weighted by Crippen LogP contribution is -1.98. The van der Waals surface area contributed by atoms with Crippen molar-refractivity contribution < 1.29 is 0 Å². The Kier molecular flexibility index (Phi) is 2.35. The van der Waals surface area contributed by atoms with Gasteiger partial charge in [0.05, 0.1) is 11.2 Å². The van der Waals surface area contributed by atoms with Crippen molar-refractivity contribution in [2.75, 3.05) is 0 Å². The molecule has 0 aliphatic rings. The van der Waals surface area contributed by atoms with Crippen LogP contribution in [0.5, 0.6) is 0 Å². The van der Waals surface area contributed by atoms with Gasteiger partial charge in [-0.15, -0.1) is 0 Å². The van der Waals surface area contributed by atoms with Crippen molar-refractivity contribution in [2.24, 2.45) is 7.05 Å². The SMILES string of the molecule is Cn1ncnc1-c1nc(Cl)ncc1Cl. The van der Waals surface area contributed by atoms with Crippen molar-refractivity contribution >= 4 is 23.2 Å². The highest BCUT2D eigenvalue weighted by Crippen LogP contribution is 2.23. The minimum absolute atomic E-state index is 0.132. The molecule has 0 saturated heterocycles. The molecule has 0 radical (unpaired) electrons. The van der Waals surface area contributed by atoms with Crippen LogP contribution >= 0.6 is 23.2 Å². The van der Waals surface area contributed by atoms with Gasteiger partial charge in [0.1, 0.15) is 12.0 Å². The van der Waals surface area contributed by atoms with E-state index in [1.807, 2.05) is 0 Å². The highest BCUT2D eigenvalue weighted by Gasteiger charge is 2.11. The zero-order valence-electron chi connectivity index (χ0n) is 7.15. The Morgan fingerprint density at radius 3 is 2.71 bits per heavy atom. The highest BCUT2D eigenvalue weighted by atomic mass is 35.5. The van der Waals surface area contributed by atoms with Gasteiger partial charge in [-0.1, -0.05) is 11.6 Å². The summed E-state index contributed by atoms with van der Waals surface area (Å²) in [5, 5.41) is 4.43. The topological polar surface area (TPSA) is 56.5 Å². The largest absolute Gasteiger partial charge is 0.248 e. The zero-order chi connectivity index (χ0) is 10.1. The molecule has 0 aliphatic carbocycles. The van der Waals surface area contributed by atoms with Crippen LogP contribution in [0.3, 0.4) is 0 Å². The van der Waals surface area contributed by atoms with E-state index in [2.05, 4.69) is 20.1 Å². The van der Waals surface area contributed by atoms with Gasteiger partial charge in [-0.25, -0.2) is 19.6 Å². The molecule has 14 heavy (non-hydrogen) atoms. The van der Waals surface area contributed by atoms with Gasteiger partial charge in [0.15, 0.2) is 5.82 Å². The van der Waals surface area contributed by atoms with Crippen LogP contribution in [-0.4, -0.2) is 24.7 Å². The summed E-state index contributed by atoms with van der Waals surface area (Å²) in [6.45, 7) is 0. The lowest BCUT2D eigenvalue weighted by molar-refractivity contribution is 0.771. The lowest BCUT2D eigenvalue weighted by Gasteiger charge is -2.01. The Balaban J connectivity index is 2.62. The summed E-state index contributed by atoms with van der Waals surface area (Å²) in [5.74, 6) is 0.555. The predicted molar refractivity (Wildman–Crippen MR) is 52.0 cm³/mol. The van der Waals surface area contributed by atoms with Gasteiger partial charge in [0.2, 0.25) is 5.28 Å². The summed E-state index contributed by atoms with van der Waals surface area (Å²) in [4.78, 5) is 11.7. The molecule has 0 amide bonds. The van der Waals surface area contributed by atoms with Crippen LogP contribution < -0.4 is 0 Å². The maximum absolute atomic E-state index is 5.89. The van der Waals surface area contributed by atoms with E-state index in [0.717, 1.165) is 0 Å². The van der Waals surface area contributed by atoms with Crippen molar-refractivity contribution in [3.8, 4) is 11.5 Å². The molecule has 5 nitrogen and oxygen atoms in total. The minimum Gasteiger partial charge on any atom is -0.248 e. The van der Waals surface area contributed by atoms with Crippen LogP contribution in [0.25, 0.3) is 11.5 Å². The van der Waals surface area contributed by atoms with Crippen molar-refractivity contribution in [2.45, 2.75) is 0 Å². The first-order valence-corrected chi connectivity index (χ1v) is 4.46. The molecule has 7 heteroatoms. The Bertz CT molecular complexity index is 467. The molecule has 0 spiro atoms. The van der Waals surface area contributed by atoms with Crippen molar-refractivity contribution in [3.63, 3.8) is 0 Å². The van der Waals surface area contributed by atoms with E-state index in [0.29, 0.717) is 16.5 Å². The number of hydrogen-bond acceptors (Lipinski definition) is 4. The zero-order valence-corrected chi connectivity index (χ0v) is 8.66. The Labute approximate surface area is 89.7 Å². The van der Waals surface area contributed by atoms with E-state index in [4.69, 9.17) is 23.2 Å². The second-order valence-electron chi connectivity index (χ2n) is 2.54. The number of aryl methyl sites for hydroxylation is 1. The van der Waals surface area contributed by atoms with E-state index >= 15 is 0 Å². The van der Waals surface area contributed by atoms with Gasteiger partial charge in [0, 0.05) is 7.05 Å². The van der Waals surface area contributed by atoms with Gasteiger partial charge < -0.3 is 0 Å². The van der Waals surface area contributed by atoms with E-state index < -0.39 is 0 Å². The number of nitrogens with zero attached hydrogens (tertiary/aromatic N) is 5. The maximum atomic E-state index is 5.89. The quantitative estimate of drug-likeness (QED) is 0.698. The van der Waals surface area contributed by atoms with E-state index in [-0.39, 0.29) is 5.28 Å². The summed E-state index contributed by atoms with van der Waals surface area (Å²) in [7, 11) is 1.74. The van der Waals surface area contributed by atoms with E-state index in [1.165, 1.54) is 12.5 Å². The fourth-order valence-electron chi connectivity index (χ4n) is 1.01. The van der Waals surface area contributed by atoms with Crippen LogP contribution in [0, 0.1) is 0 Å². The second-order valence-corrected chi connectivity index (χ2v) is 3.29. The van der Waals surface area contributed by atoms with Crippen LogP contribution in [-0.2, 0) is 7.05 Å². The monoisotopic (exact) mass is 229 g/mol. The summed E-state index contributed by atoms with van der Waals surface area (Å²) >= 11 is 11.5. The van der Waals surface area contributed by atoms with E-state index in [9.17, 15) is 0 Å². The standard InChI is InChI=1S/C7H5Cl2N5/c1-14-6(11-3-12-14)5-4(8)2-10-7(9)13-5/h2-3H,1H3. The van der Waals surface area contributed by atoms with Gasteiger partial charge in [-0.05, 0) is 11.6 Å². The molecule has 0 aliphatic heterocycles. The smallest absolute Gasteiger partial charge is 0.223 e.